The number of hydrogen-bond donors (Lipinski definition) is 0. The van der Waals surface area contributed by atoms with Crippen LogP contribution in [-0.2, 0) is 19.4 Å². The van der Waals surface area contributed by atoms with E-state index >= 15 is 0 Å². The molecule has 1 rings (SSSR count). The second-order valence-electron chi connectivity index (χ2n) is 6.35. The lowest BCUT2D eigenvalue weighted by atomic mass is 10.1. The Kier molecular flexibility index (Phi) is 9.50. The molecule has 0 atom stereocenters. The number of esters is 1. The van der Waals surface area contributed by atoms with Crippen LogP contribution in [0.3, 0.4) is 0 Å². The first kappa shape index (κ1) is 21.4. The zero-order valence-corrected chi connectivity index (χ0v) is 16.4. The van der Waals surface area contributed by atoms with E-state index in [1.807, 2.05) is 6.92 Å². The molecule has 0 bridgehead atoms. The first-order valence-electron chi connectivity index (χ1n) is 8.97. The van der Waals surface area contributed by atoms with Crippen LogP contribution in [0.25, 0.3) is 0 Å². The SMILES string of the molecule is CCCCCCCC/C=C(/CS(=O)(=O)c1ccc(C)cc1)C(=O)OC. The summed E-state index contributed by atoms with van der Waals surface area (Å²) >= 11 is 0. The summed E-state index contributed by atoms with van der Waals surface area (Å²) in [6.45, 7) is 4.08. The molecule has 0 saturated carbocycles. The fraction of sp³-hybridized carbons (Fsp3) is 0.550. The van der Waals surface area contributed by atoms with Gasteiger partial charge >= 0.3 is 5.97 Å². The number of hydrogen-bond acceptors (Lipinski definition) is 4. The van der Waals surface area contributed by atoms with Crippen LogP contribution in [0.2, 0.25) is 0 Å². The number of unbranched alkanes of at least 4 members (excludes halogenated alkanes) is 6. The molecule has 0 radical (unpaired) electrons. The van der Waals surface area contributed by atoms with Crippen LogP contribution in [0.5, 0.6) is 0 Å². The van der Waals surface area contributed by atoms with Crippen LogP contribution in [0.1, 0.15) is 57.4 Å². The molecule has 0 aliphatic heterocycles. The molecule has 0 aliphatic rings. The summed E-state index contributed by atoms with van der Waals surface area (Å²) < 4.78 is 29.8. The number of benzene rings is 1. The molecule has 0 aromatic heterocycles. The maximum Gasteiger partial charge on any atom is 0.334 e. The van der Waals surface area contributed by atoms with Gasteiger partial charge in [-0.1, -0.05) is 62.8 Å². The molecule has 4 nitrogen and oxygen atoms in total. The predicted octanol–water partition coefficient (Wildman–Crippen LogP) is 4.62. The van der Waals surface area contributed by atoms with Crippen LogP contribution in [0, 0.1) is 6.92 Å². The third-order valence-corrected chi connectivity index (χ3v) is 5.80. The van der Waals surface area contributed by atoms with Crippen molar-refractivity contribution in [2.24, 2.45) is 0 Å². The Hall–Kier alpha value is -1.62. The van der Waals surface area contributed by atoms with Gasteiger partial charge in [-0.15, -0.1) is 0 Å². The summed E-state index contributed by atoms with van der Waals surface area (Å²) in [4.78, 5) is 12.2. The minimum Gasteiger partial charge on any atom is -0.466 e. The van der Waals surface area contributed by atoms with Gasteiger partial charge in [0, 0.05) is 5.57 Å². The molecule has 140 valence electrons. The average molecular weight is 367 g/mol. The van der Waals surface area contributed by atoms with Crippen molar-refractivity contribution in [3.63, 3.8) is 0 Å². The topological polar surface area (TPSA) is 60.4 Å². The molecule has 0 saturated heterocycles. The third-order valence-electron chi connectivity index (χ3n) is 4.12. The molecule has 1 aromatic rings. The van der Waals surface area contributed by atoms with Gasteiger partial charge in [0.05, 0.1) is 17.8 Å². The monoisotopic (exact) mass is 366 g/mol. The zero-order valence-electron chi connectivity index (χ0n) is 15.6. The minimum atomic E-state index is -3.56. The first-order chi connectivity index (χ1) is 11.9. The van der Waals surface area contributed by atoms with E-state index in [-0.39, 0.29) is 16.2 Å². The van der Waals surface area contributed by atoms with Crippen LogP contribution in [-0.4, -0.2) is 27.2 Å². The Morgan fingerprint density at radius 2 is 1.64 bits per heavy atom. The van der Waals surface area contributed by atoms with E-state index in [2.05, 4.69) is 6.92 Å². The molecule has 0 spiro atoms. The van der Waals surface area contributed by atoms with Gasteiger partial charge in [-0.25, -0.2) is 13.2 Å². The highest BCUT2D eigenvalue weighted by Gasteiger charge is 2.21. The lowest BCUT2D eigenvalue weighted by molar-refractivity contribution is -0.136. The first-order valence-corrected chi connectivity index (χ1v) is 10.6. The number of rotatable bonds is 11. The van der Waals surface area contributed by atoms with E-state index in [1.54, 1.807) is 30.3 Å². The molecule has 5 heteroatoms. The third kappa shape index (κ3) is 7.86. The maximum absolute atomic E-state index is 12.5. The summed E-state index contributed by atoms with van der Waals surface area (Å²) in [5, 5.41) is 0. The van der Waals surface area contributed by atoms with Crippen molar-refractivity contribution in [2.75, 3.05) is 12.9 Å². The number of allylic oxidation sites excluding steroid dienone is 1. The minimum absolute atomic E-state index is 0.219. The number of aryl methyl sites for hydroxylation is 1. The Morgan fingerprint density at radius 3 is 2.24 bits per heavy atom. The molecule has 1 aromatic carbocycles. The van der Waals surface area contributed by atoms with Crippen molar-refractivity contribution in [3.05, 3.63) is 41.5 Å². The van der Waals surface area contributed by atoms with E-state index in [0.717, 1.165) is 18.4 Å². The van der Waals surface area contributed by atoms with Crippen LogP contribution < -0.4 is 0 Å². The van der Waals surface area contributed by atoms with Gasteiger partial charge in [0.25, 0.3) is 0 Å². The van der Waals surface area contributed by atoms with Crippen molar-refractivity contribution in [2.45, 2.75) is 63.7 Å². The van der Waals surface area contributed by atoms with E-state index < -0.39 is 15.8 Å². The normalized spacial score (nSPS) is 12.2. The standard InChI is InChI=1S/C20H30O4S/c1-4-5-6-7-8-9-10-11-18(20(21)24-3)16-25(22,23)19-14-12-17(2)13-15-19/h11-15H,4-10,16H2,1-3H3/b18-11-. The molecule has 0 aliphatic carbocycles. The Bertz CT molecular complexity index is 657. The number of methoxy groups -OCH3 is 1. The highest BCUT2D eigenvalue weighted by atomic mass is 32.2. The Balaban J connectivity index is 2.70. The molecule has 0 heterocycles. The molecular formula is C20H30O4S. The van der Waals surface area contributed by atoms with E-state index in [4.69, 9.17) is 4.74 Å². The lowest BCUT2D eigenvalue weighted by Gasteiger charge is -2.08. The summed E-state index contributed by atoms with van der Waals surface area (Å²) in [6, 6.07) is 6.66. The molecule has 0 N–H and O–H groups in total. The van der Waals surface area contributed by atoms with Gasteiger partial charge in [0.15, 0.2) is 9.84 Å². The van der Waals surface area contributed by atoms with Gasteiger partial charge < -0.3 is 4.74 Å². The fourth-order valence-corrected chi connectivity index (χ4v) is 3.93. The lowest BCUT2D eigenvalue weighted by Crippen LogP contribution is -2.16. The van der Waals surface area contributed by atoms with Crippen molar-refractivity contribution in [1.82, 2.24) is 0 Å². The number of ether oxygens (including phenoxy) is 1. The second-order valence-corrected chi connectivity index (χ2v) is 8.34. The van der Waals surface area contributed by atoms with E-state index in [1.165, 1.54) is 32.8 Å². The van der Waals surface area contributed by atoms with Crippen molar-refractivity contribution < 1.29 is 17.9 Å². The zero-order chi connectivity index (χ0) is 18.7. The van der Waals surface area contributed by atoms with E-state index in [0.29, 0.717) is 6.42 Å². The van der Waals surface area contributed by atoms with Crippen LogP contribution in [0.15, 0.2) is 40.8 Å². The van der Waals surface area contributed by atoms with Gasteiger partial charge in [0.2, 0.25) is 0 Å². The predicted molar refractivity (Wildman–Crippen MR) is 101 cm³/mol. The van der Waals surface area contributed by atoms with Crippen molar-refractivity contribution in [1.29, 1.82) is 0 Å². The van der Waals surface area contributed by atoms with Crippen LogP contribution in [0.4, 0.5) is 0 Å². The fourth-order valence-electron chi connectivity index (χ4n) is 2.57. The Morgan fingerprint density at radius 1 is 1.04 bits per heavy atom. The largest absolute Gasteiger partial charge is 0.466 e. The molecule has 0 amide bonds. The molecular weight excluding hydrogens is 336 g/mol. The van der Waals surface area contributed by atoms with Gasteiger partial charge in [-0.3, -0.25) is 0 Å². The molecule has 0 fully saturated rings. The quantitative estimate of drug-likeness (QED) is 0.326. The highest BCUT2D eigenvalue weighted by Crippen LogP contribution is 2.17. The second kappa shape index (κ2) is 11.1. The van der Waals surface area contributed by atoms with Gasteiger partial charge in [-0.05, 0) is 31.9 Å². The average Bonchev–Trinajstić information content (AvgIpc) is 2.59. The summed E-state index contributed by atoms with van der Waals surface area (Å²) in [5.74, 6) is -0.889. The molecule has 0 unspecified atom stereocenters. The smallest absolute Gasteiger partial charge is 0.334 e. The number of sulfone groups is 1. The highest BCUT2D eigenvalue weighted by molar-refractivity contribution is 7.91. The Labute approximate surface area is 152 Å². The molecule has 25 heavy (non-hydrogen) atoms. The van der Waals surface area contributed by atoms with Crippen molar-refractivity contribution in [3.8, 4) is 0 Å². The van der Waals surface area contributed by atoms with Crippen molar-refractivity contribution >= 4 is 15.8 Å². The summed E-state index contributed by atoms with van der Waals surface area (Å²) in [6.07, 6.45) is 9.33. The van der Waals surface area contributed by atoms with Crippen LogP contribution >= 0.6 is 0 Å². The van der Waals surface area contributed by atoms with Gasteiger partial charge in [-0.2, -0.15) is 0 Å². The number of carbonyl (C=O) groups excluding carboxylic acids is 1. The van der Waals surface area contributed by atoms with Gasteiger partial charge in [0.1, 0.15) is 0 Å². The maximum atomic E-state index is 12.5. The summed E-state index contributed by atoms with van der Waals surface area (Å²) in [7, 11) is -2.28. The number of carbonyl (C=O) groups is 1. The van der Waals surface area contributed by atoms with E-state index in [9.17, 15) is 13.2 Å². The summed E-state index contributed by atoms with van der Waals surface area (Å²) in [5.41, 5.74) is 1.21.